The zero-order valence-corrected chi connectivity index (χ0v) is 7.05. The van der Waals surface area contributed by atoms with Crippen molar-refractivity contribution in [2.24, 2.45) is 5.92 Å². The number of likely N-dealkylation sites (N-methyl/N-ethyl adjacent to an activating group) is 1. The van der Waals surface area contributed by atoms with Gasteiger partial charge in [-0.15, -0.1) is 0 Å². The highest BCUT2D eigenvalue weighted by Gasteiger charge is 2.21. The molecular formula is C8H17NO2. The lowest BCUT2D eigenvalue weighted by atomic mass is 9.92. The van der Waals surface area contributed by atoms with E-state index in [2.05, 4.69) is 5.32 Å². The van der Waals surface area contributed by atoms with Crippen LogP contribution in [0, 0.1) is 5.92 Å². The maximum atomic E-state index is 8.97. The average molecular weight is 159 g/mol. The van der Waals surface area contributed by atoms with E-state index in [0.717, 1.165) is 26.1 Å². The van der Waals surface area contributed by atoms with Gasteiger partial charge >= 0.3 is 0 Å². The minimum Gasteiger partial charge on any atom is -0.395 e. The summed E-state index contributed by atoms with van der Waals surface area (Å²) in [6.45, 7) is 1.94. The molecule has 0 aromatic carbocycles. The predicted octanol–water partition coefficient (Wildman–Crippen LogP) is -0.00670. The summed E-state index contributed by atoms with van der Waals surface area (Å²) in [5.41, 5.74) is 0. The Morgan fingerprint density at radius 3 is 2.64 bits per heavy atom. The molecule has 0 radical (unpaired) electrons. The van der Waals surface area contributed by atoms with Gasteiger partial charge in [0.1, 0.15) is 0 Å². The Bertz CT molecular complexity index is 98.3. The van der Waals surface area contributed by atoms with E-state index in [1.54, 1.807) is 0 Å². The molecule has 66 valence electrons. The second-order valence-electron chi connectivity index (χ2n) is 3.03. The molecule has 0 bridgehead atoms. The second-order valence-corrected chi connectivity index (χ2v) is 3.03. The van der Waals surface area contributed by atoms with E-state index in [4.69, 9.17) is 9.84 Å². The van der Waals surface area contributed by atoms with Crippen LogP contribution in [0.25, 0.3) is 0 Å². The van der Waals surface area contributed by atoms with E-state index in [9.17, 15) is 0 Å². The van der Waals surface area contributed by atoms with E-state index in [1.807, 2.05) is 7.05 Å². The van der Waals surface area contributed by atoms with E-state index in [1.165, 1.54) is 0 Å². The standard InChI is InChI=1S/C8H17NO2/c1-9-8(6-10)7-2-4-11-5-3-7/h7-10H,2-6H2,1H3/t8-/m1/s1. The summed E-state index contributed by atoms with van der Waals surface area (Å²) in [6, 6.07) is 0.263. The van der Waals surface area contributed by atoms with E-state index >= 15 is 0 Å². The molecule has 0 amide bonds. The Morgan fingerprint density at radius 1 is 1.55 bits per heavy atom. The monoisotopic (exact) mass is 159 g/mol. The Hall–Kier alpha value is -0.120. The molecule has 2 N–H and O–H groups in total. The first-order valence-corrected chi connectivity index (χ1v) is 4.24. The zero-order valence-electron chi connectivity index (χ0n) is 7.05. The number of hydrogen-bond acceptors (Lipinski definition) is 3. The lowest BCUT2D eigenvalue weighted by Crippen LogP contribution is -2.39. The SMILES string of the molecule is CN[C@H](CO)C1CCOCC1. The molecule has 0 aromatic heterocycles. The molecule has 0 aliphatic carbocycles. The van der Waals surface area contributed by atoms with Crippen molar-refractivity contribution in [3.05, 3.63) is 0 Å². The maximum absolute atomic E-state index is 8.97. The van der Waals surface area contributed by atoms with Crippen molar-refractivity contribution in [3.8, 4) is 0 Å². The minimum absolute atomic E-state index is 0.237. The Kier molecular flexibility index (Phi) is 3.83. The first kappa shape index (κ1) is 8.97. The van der Waals surface area contributed by atoms with Crippen molar-refractivity contribution >= 4 is 0 Å². The van der Waals surface area contributed by atoms with Gasteiger partial charge < -0.3 is 15.2 Å². The van der Waals surface area contributed by atoms with Gasteiger partial charge in [0.15, 0.2) is 0 Å². The highest BCUT2D eigenvalue weighted by molar-refractivity contribution is 4.76. The predicted molar refractivity (Wildman–Crippen MR) is 43.5 cm³/mol. The van der Waals surface area contributed by atoms with Crippen LogP contribution in [0.2, 0.25) is 0 Å². The topological polar surface area (TPSA) is 41.5 Å². The van der Waals surface area contributed by atoms with Crippen LogP contribution in [0.3, 0.4) is 0 Å². The van der Waals surface area contributed by atoms with Gasteiger partial charge in [0, 0.05) is 19.3 Å². The molecule has 11 heavy (non-hydrogen) atoms. The summed E-state index contributed by atoms with van der Waals surface area (Å²) >= 11 is 0. The van der Waals surface area contributed by atoms with Crippen LogP contribution in [-0.2, 0) is 4.74 Å². The summed E-state index contributed by atoms with van der Waals surface area (Å²) in [5.74, 6) is 0.596. The van der Waals surface area contributed by atoms with Crippen LogP contribution in [0.15, 0.2) is 0 Å². The van der Waals surface area contributed by atoms with Gasteiger partial charge in [-0.25, -0.2) is 0 Å². The third kappa shape index (κ3) is 2.43. The molecule has 0 unspecified atom stereocenters. The molecule has 0 saturated carbocycles. The summed E-state index contributed by atoms with van der Waals surface area (Å²) < 4.78 is 5.23. The molecule has 1 saturated heterocycles. The summed E-state index contributed by atoms with van der Waals surface area (Å²) in [7, 11) is 1.90. The summed E-state index contributed by atoms with van der Waals surface area (Å²) in [4.78, 5) is 0. The normalized spacial score (nSPS) is 23.5. The fourth-order valence-corrected chi connectivity index (χ4v) is 1.59. The summed E-state index contributed by atoms with van der Waals surface area (Å²) in [5, 5.41) is 12.1. The molecule has 0 aromatic rings. The van der Waals surface area contributed by atoms with Gasteiger partial charge in [0.2, 0.25) is 0 Å². The molecule has 1 aliphatic rings. The van der Waals surface area contributed by atoms with Gasteiger partial charge in [0.05, 0.1) is 6.61 Å². The quantitative estimate of drug-likeness (QED) is 0.608. The minimum atomic E-state index is 0.237. The fourth-order valence-electron chi connectivity index (χ4n) is 1.59. The molecule has 3 heteroatoms. The van der Waals surface area contributed by atoms with E-state index < -0.39 is 0 Å². The number of aliphatic hydroxyl groups excluding tert-OH is 1. The second kappa shape index (κ2) is 4.70. The van der Waals surface area contributed by atoms with Crippen molar-refractivity contribution in [3.63, 3.8) is 0 Å². The molecule has 1 heterocycles. The molecule has 1 aliphatic heterocycles. The van der Waals surface area contributed by atoms with Crippen LogP contribution in [-0.4, -0.2) is 38.0 Å². The van der Waals surface area contributed by atoms with Gasteiger partial charge in [-0.05, 0) is 25.8 Å². The van der Waals surface area contributed by atoms with Crippen molar-refractivity contribution in [1.29, 1.82) is 0 Å². The zero-order chi connectivity index (χ0) is 8.10. The van der Waals surface area contributed by atoms with Gasteiger partial charge in [0.25, 0.3) is 0 Å². The number of nitrogens with one attached hydrogen (secondary N) is 1. The van der Waals surface area contributed by atoms with Crippen LogP contribution in [0.5, 0.6) is 0 Å². The van der Waals surface area contributed by atoms with Crippen LogP contribution < -0.4 is 5.32 Å². The van der Waals surface area contributed by atoms with Gasteiger partial charge in [-0.1, -0.05) is 0 Å². The molecule has 0 spiro atoms. The maximum Gasteiger partial charge on any atom is 0.0587 e. The molecule has 1 rings (SSSR count). The van der Waals surface area contributed by atoms with Crippen LogP contribution >= 0.6 is 0 Å². The van der Waals surface area contributed by atoms with Crippen molar-refractivity contribution in [2.45, 2.75) is 18.9 Å². The molecular weight excluding hydrogens is 142 g/mol. The number of hydrogen-bond donors (Lipinski definition) is 2. The molecule has 1 atom stereocenters. The van der Waals surface area contributed by atoms with E-state index in [-0.39, 0.29) is 12.6 Å². The lowest BCUT2D eigenvalue weighted by molar-refractivity contribution is 0.0452. The lowest BCUT2D eigenvalue weighted by Gasteiger charge is -2.28. The third-order valence-corrected chi connectivity index (χ3v) is 2.40. The highest BCUT2D eigenvalue weighted by Crippen LogP contribution is 2.17. The summed E-state index contributed by atoms with van der Waals surface area (Å²) in [6.07, 6.45) is 2.15. The third-order valence-electron chi connectivity index (χ3n) is 2.40. The first-order chi connectivity index (χ1) is 5.38. The Morgan fingerprint density at radius 2 is 2.18 bits per heavy atom. The van der Waals surface area contributed by atoms with Gasteiger partial charge in [-0.3, -0.25) is 0 Å². The number of rotatable bonds is 3. The highest BCUT2D eigenvalue weighted by atomic mass is 16.5. The fraction of sp³-hybridized carbons (Fsp3) is 1.00. The largest absolute Gasteiger partial charge is 0.395 e. The Labute approximate surface area is 67.7 Å². The van der Waals surface area contributed by atoms with Crippen molar-refractivity contribution < 1.29 is 9.84 Å². The van der Waals surface area contributed by atoms with E-state index in [0.29, 0.717) is 5.92 Å². The van der Waals surface area contributed by atoms with Crippen LogP contribution in [0.4, 0.5) is 0 Å². The van der Waals surface area contributed by atoms with Crippen LogP contribution in [0.1, 0.15) is 12.8 Å². The molecule has 3 nitrogen and oxygen atoms in total. The van der Waals surface area contributed by atoms with Crippen molar-refractivity contribution in [1.82, 2.24) is 5.32 Å². The number of aliphatic hydroxyl groups is 1. The smallest absolute Gasteiger partial charge is 0.0587 e. The molecule has 1 fully saturated rings. The average Bonchev–Trinajstić information content (AvgIpc) is 2.09. The van der Waals surface area contributed by atoms with Gasteiger partial charge in [-0.2, -0.15) is 0 Å². The first-order valence-electron chi connectivity index (χ1n) is 4.24. The Balaban J connectivity index is 2.30. The number of ether oxygens (including phenoxy) is 1. The van der Waals surface area contributed by atoms with Crippen molar-refractivity contribution in [2.75, 3.05) is 26.9 Å².